The van der Waals surface area contributed by atoms with Crippen molar-refractivity contribution in [2.75, 3.05) is 5.32 Å². The number of nitrogens with one attached hydrogen (secondary N) is 1. The van der Waals surface area contributed by atoms with Gasteiger partial charge in [-0.3, -0.25) is 4.79 Å². The van der Waals surface area contributed by atoms with Gasteiger partial charge in [0.05, 0.1) is 0 Å². The van der Waals surface area contributed by atoms with Crippen LogP contribution in [0.4, 0.5) is 5.69 Å². The third kappa shape index (κ3) is 3.17. The highest BCUT2D eigenvalue weighted by Gasteiger charge is 2.07. The van der Waals surface area contributed by atoms with Crippen LogP contribution < -0.4 is 11.1 Å². The molecule has 4 heteroatoms. The van der Waals surface area contributed by atoms with E-state index in [4.69, 9.17) is 18.0 Å². The van der Waals surface area contributed by atoms with Gasteiger partial charge in [-0.2, -0.15) is 0 Å². The molecule has 96 valence electrons. The van der Waals surface area contributed by atoms with Gasteiger partial charge in [-0.05, 0) is 36.8 Å². The van der Waals surface area contributed by atoms with E-state index in [9.17, 15) is 4.79 Å². The second-order valence-electron chi connectivity index (χ2n) is 4.17. The average molecular weight is 270 g/mol. The SMILES string of the molecule is CC(=O)c1cccc(-c2ccccc2NC(N)=S)c1. The van der Waals surface area contributed by atoms with Crippen LogP contribution in [0.15, 0.2) is 48.5 Å². The minimum Gasteiger partial charge on any atom is -0.376 e. The van der Waals surface area contributed by atoms with Crippen molar-refractivity contribution in [2.24, 2.45) is 5.73 Å². The molecule has 3 nitrogen and oxygen atoms in total. The molecule has 3 N–H and O–H groups in total. The maximum absolute atomic E-state index is 11.4. The number of rotatable bonds is 3. The average Bonchev–Trinajstić information content (AvgIpc) is 2.39. The minimum absolute atomic E-state index is 0.0432. The summed E-state index contributed by atoms with van der Waals surface area (Å²) >= 11 is 4.87. The number of carbonyl (C=O) groups excluding carboxylic acids is 1. The monoisotopic (exact) mass is 270 g/mol. The minimum atomic E-state index is 0.0432. The van der Waals surface area contributed by atoms with Crippen molar-refractivity contribution in [3.63, 3.8) is 0 Å². The largest absolute Gasteiger partial charge is 0.376 e. The van der Waals surface area contributed by atoms with Crippen molar-refractivity contribution in [2.45, 2.75) is 6.92 Å². The Hall–Kier alpha value is -2.20. The Morgan fingerprint density at radius 3 is 2.58 bits per heavy atom. The summed E-state index contributed by atoms with van der Waals surface area (Å²) in [5.41, 5.74) is 8.94. The third-order valence-corrected chi connectivity index (χ3v) is 2.87. The summed E-state index contributed by atoms with van der Waals surface area (Å²) < 4.78 is 0. The molecule has 0 heterocycles. The molecule has 2 rings (SSSR count). The lowest BCUT2D eigenvalue weighted by Crippen LogP contribution is -2.19. The van der Waals surface area contributed by atoms with Crippen LogP contribution in [-0.4, -0.2) is 10.9 Å². The van der Waals surface area contributed by atoms with Crippen LogP contribution >= 0.6 is 12.2 Å². The smallest absolute Gasteiger partial charge is 0.168 e. The Balaban J connectivity index is 2.49. The van der Waals surface area contributed by atoms with E-state index in [1.807, 2.05) is 42.5 Å². The summed E-state index contributed by atoms with van der Waals surface area (Å²) in [6, 6.07) is 15.2. The van der Waals surface area contributed by atoms with Crippen LogP contribution in [0.5, 0.6) is 0 Å². The quantitative estimate of drug-likeness (QED) is 0.664. The van der Waals surface area contributed by atoms with Crippen LogP contribution in [0.25, 0.3) is 11.1 Å². The number of hydrogen-bond donors (Lipinski definition) is 2. The molecule has 0 aromatic heterocycles. The number of anilines is 1. The first kappa shape index (κ1) is 13.2. The fraction of sp³-hybridized carbons (Fsp3) is 0.0667. The first-order valence-corrected chi connectivity index (χ1v) is 6.25. The maximum atomic E-state index is 11.4. The van der Waals surface area contributed by atoms with Crippen LogP contribution in [0.2, 0.25) is 0 Å². The zero-order chi connectivity index (χ0) is 13.8. The highest BCUT2D eigenvalue weighted by atomic mass is 32.1. The molecule has 0 aliphatic rings. The van der Waals surface area contributed by atoms with Gasteiger partial charge in [0.25, 0.3) is 0 Å². The molecule has 19 heavy (non-hydrogen) atoms. The number of hydrogen-bond acceptors (Lipinski definition) is 2. The van der Waals surface area contributed by atoms with Crippen LogP contribution in [-0.2, 0) is 0 Å². The predicted molar refractivity (Wildman–Crippen MR) is 82.3 cm³/mol. The van der Waals surface area contributed by atoms with E-state index in [2.05, 4.69) is 5.32 Å². The lowest BCUT2D eigenvalue weighted by atomic mass is 10.0. The Morgan fingerprint density at radius 1 is 1.16 bits per heavy atom. The lowest BCUT2D eigenvalue weighted by Gasteiger charge is -2.11. The summed E-state index contributed by atoms with van der Waals surface area (Å²) in [7, 11) is 0. The maximum Gasteiger partial charge on any atom is 0.168 e. The molecule has 0 amide bonds. The second-order valence-corrected chi connectivity index (χ2v) is 4.61. The first-order valence-electron chi connectivity index (χ1n) is 5.85. The van der Waals surface area contributed by atoms with E-state index in [1.54, 1.807) is 13.0 Å². The van der Waals surface area contributed by atoms with E-state index in [0.29, 0.717) is 5.56 Å². The van der Waals surface area contributed by atoms with Crippen LogP contribution in [0.3, 0.4) is 0 Å². The van der Waals surface area contributed by atoms with Crippen LogP contribution in [0.1, 0.15) is 17.3 Å². The van der Waals surface area contributed by atoms with Crippen molar-refractivity contribution in [1.82, 2.24) is 0 Å². The van der Waals surface area contributed by atoms with Gasteiger partial charge in [0.15, 0.2) is 10.9 Å². The summed E-state index contributed by atoms with van der Waals surface area (Å²) in [4.78, 5) is 11.4. The van der Waals surface area contributed by atoms with Crippen molar-refractivity contribution in [3.05, 3.63) is 54.1 Å². The summed E-state index contributed by atoms with van der Waals surface area (Å²) in [6.45, 7) is 1.55. The molecule has 0 aliphatic carbocycles. The normalized spacial score (nSPS) is 9.95. The van der Waals surface area contributed by atoms with E-state index >= 15 is 0 Å². The molecule has 0 spiro atoms. The molecule has 2 aromatic rings. The van der Waals surface area contributed by atoms with Crippen LogP contribution in [0, 0.1) is 0 Å². The molecular formula is C15H14N2OS. The number of benzene rings is 2. The third-order valence-electron chi connectivity index (χ3n) is 2.77. The lowest BCUT2D eigenvalue weighted by molar-refractivity contribution is 0.101. The molecule has 0 saturated carbocycles. The Bertz CT molecular complexity index is 638. The Labute approximate surface area is 117 Å². The summed E-state index contributed by atoms with van der Waals surface area (Å²) in [5.74, 6) is 0.0432. The second kappa shape index (κ2) is 5.63. The first-order chi connectivity index (χ1) is 9.08. The van der Waals surface area contributed by atoms with Gasteiger partial charge >= 0.3 is 0 Å². The summed E-state index contributed by atoms with van der Waals surface area (Å²) in [6.07, 6.45) is 0. The van der Waals surface area contributed by atoms with Crippen molar-refractivity contribution < 1.29 is 4.79 Å². The van der Waals surface area contributed by atoms with E-state index < -0.39 is 0 Å². The Morgan fingerprint density at radius 2 is 1.89 bits per heavy atom. The van der Waals surface area contributed by atoms with Crippen molar-refractivity contribution >= 4 is 28.8 Å². The molecule has 0 fully saturated rings. The van der Waals surface area contributed by atoms with E-state index in [1.165, 1.54) is 0 Å². The number of ketones is 1. The standard InChI is InChI=1S/C15H14N2OS/c1-10(18)11-5-4-6-12(9-11)13-7-2-3-8-14(13)17-15(16)19/h2-9H,1H3,(H3,16,17,19). The topological polar surface area (TPSA) is 55.1 Å². The molecule has 0 radical (unpaired) electrons. The number of para-hydroxylation sites is 1. The zero-order valence-corrected chi connectivity index (χ0v) is 11.3. The number of Topliss-reactive ketones (excluding diaryl/α,β-unsaturated/α-hetero) is 1. The van der Waals surface area contributed by atoms with Gasteiger partial charge in [-0.15, -0.1) is 0 Å². The molecule has 0 unspecified atom stereocenters. The fourth-order valence-electron chi connectivity index (χ4n) is 1.88. The van der Waals surface area contributed by atoms with E-state index in [0.717, 1.165) is 16.8 Å². The van der Waals surface area contributed by atoms with Gasteiger partial charge in [-0.1, -0.05) is 36.4 Å². The van der Waals surface area contributed by atoms with Gasteiger partial charge in [-0.25, -0.2) is 0 Å². The van der Waals surface area contributed by atoms with E-state index in [-0.39, 0.29) is 10.9 Å². The molecule has 0 atom stereocenters. The number of carbonyl (C=O) groups is 1. The van der Waals surface area contributed by atoms with Gasteiger partial charge in [0, 0.05) is 16.8 Å². The molecular weight excluding hydrogens is 256 g/mol. The molecule has 0 saturated heterocycles. The van der Waals surface area contributed by atoms with Gasteiger partial charge in [0.2, 0.25) is 0 Å². The molecule has 2 aromatic carbocycles. The zero-order valence-electron chi connectivity index (χ0n) is 10.5. The number of nitrogens with two attached hydrogens (primary N) is 1. The number of thiocarbonyl (C=S) groups is 1. The molecule has 0 bridgehead atoms. The highest BCUT2D eigenvalue weighted by molar-refractivity contribution is 7.80. The molecule has 0 aliphatic heterocycles. The summed E-state index contributed by atoms with van der Waals surface area (Å²) in [5, 5.41) is 3.16. The highest BCUT2D eigenvalue weighted by Crippen LogP contribution is 2.28. The van der Waals surface area contributed by atoms with Crippen molar-refractivity contribution in [3.8, 4) is 11.1 Å². The predicted octanol–water partition coefficient (Wildman–Crippen LogP) is 3.21. The van der Waals surface area contributed by atoms with Crippen molar-refractivity contribution in [1.29, 1.82) is 0 Å². The fourth-order valence-corrected chi connectivity index (χ4v) is 1.99. The van der Waals surface area contributed by atoms with Gasteiger partial charge in [0.1, 0.15) is 0 Å². The Kier molecular flexibility index (Phi) is 3.92. The van der Waals surface area contributed by atoms with Gasteiger partial charge < -0.3 is 11.1 Å².